The van der Waals surface area contributed by atoms with Gasteiger partial charge in [0.1, 0.15) is 10.7 Å². The van der Waals surface area contributed by atoms with E-state index in [0.717, 1.165) is 5.56 Å². The number of rotatable bonds is 4. The number of fused-ring (bicyclic) bond motifs is 1. The van der Waals surface area contributed by atoms with E-state index in [-0.39, 0.29) is 11.4 Å². The standard InChI is InChI=1S/C17H10N4O4S/c22-16-13(8-4-7-12-9-10-14(25-12)21(23)24)26-17-19-18-15(20(16)17)11-5-2-1-3-6-11/h1-10H/b7-4+,13-8+. The summed E-state index contributed by atoms with van der Waals surface area (Å²) in [5, 5.41) is 18.7. The van der Waals surface area contributed by atoms with Crippen molar-refractivity contribution in [2.45, 2.75) is 0 Å². The molecule has 0 saturated heterocycles. The molecule has 8 nitrogen and oxygen atoms in total. The fourth-order valence-corrected chi connectivity index (χ4v) is 3.28. The largest absolute Gasteiger partial charge is 0.433 e. The van der Waals surface area contributed by atoms with Crippen molar-refractivity contribution in [2.75, 3.05) is 0 Å². The lowest BCUT2D eigenvalue weighted by Crippen LogP contribution is -2.23. The minimum absolute atomic E-state index is 0.219. The lowest BCUT2D eigenvalue weighted by molar-refractivity contribution is -0.402. The van der Waals surface area contributed by atoms with Gasteiger partial charge in [-0.3, -0.25) is 14.9 Å². The van der Waals surface area contributed by atoms with Gasteiger partial charge in [0.2, 0.25) is 4.96 Å². The Hall–Kier alpha value is -3.59. The van der Waals surface area contributed by atoms with E-state index in [1.54, 1.807) is 18.2 Å². The Bertz CT molecular complexity index is 1240. The Labute approximate surface area is 149 Å². The number of hydrogen-bond acceptors (Lipinski definition) is 7. The Morgan fingerprint density at radius 2 is 1.96 bits per heavy atom. The van der Waals surface area contributed by atoms with E-state index in [0.29, 0.717) is 21.1 Å². The number of furan rings is 1. The van der Waals surface area contributed by atoms with Crippen molar-refractivity contribution < 1.29 is 9.34 Å². The highest BCUT2D eigenvalue weighted by atomic mass is 32.1. The first-order valence-electron chi connectivity index (χ1n) is 7.49. The van der Waals surface area contributed by atoms with Gasteiger partial charge in [0.15, 0.2) is 5.82 Å². The fourth-order valence-electron chi connectivity index (χ4n) is 2.41. The van der Waals surface area contributed by atoms with Crippen molar-refractivity contribution in [3.8, 4) is 11.4 Å². The quantitative estimate of drug-likeness (QED) is 0.406. The molecule has 0 aliphatic heterocycles. The molecule has 0 spiro atoms. The number of nitrogens with zero attached hydrogens (tertiary/aromatic N) is 4. The fraction of sp³-hybridized carbons (Fsp3) is 0. The van der Waals surface area contributed by atoms with Crippen LogP contribution in [-0.4, -0.2) is 19.5 Å². The third kappa shape index (κ3) is 2.80. The van der Waals surface area contributed by atoms with Crippen LogP contribution in [0.15, 0.2) is 57.8 Å². The molecule has 0 radical (unpaired) electrons. The molecular weight excluding hydrogens is 356 g/mol. The highest BCUT2D eigenvalue weighted by Gasteiger charge is 2.13. The van der Waals surface area contributed by atoms with Gasteiger partial charge in [0.25, 0.3) is 5.56 Å². The summed E-state index contributed by atoms with van der Waals surface area (Å²) in [6, 6.07) is 12.1. The second-order valence-corrected chi connectivity index (χ2v) is 6.25. The molecule has 0 aliphatic carbocycles. The maximum atomic E-state index is 12.6. The first-order chi connectivity index (χ1) is 12.6. The van der Waals surface area contributed by atoms with Crippen molar-refractivity contribution in [3.05, 3.63) is 79.3 Å². The number of allylic oxidation sites excluding steroid dienone is 1. The number of thiazole rings is 1. The number of nitro groups is 1. The molecule has 26 heavy (non-hydrogen) atoms. The van der Waals surface area contributed by atoms with Crippen LogP contribution >= 0.6 is 11.3 Å². The topological polar surface area (TPSA) is 104 Å². The van der Waals surface area contributed by atoms with Gasteiger partial charge >= 0.3 is 5.88 Å². The average molecular weight is 366 g/mol. The van der Waals surface area contributed by atoms with Crippen LogP contribution in [-0.2, 0) is 0 Å². The molecule has 0 saturated carbocycles. The third-order valence-corrected chi connectivity index (χ3v) is 4.56. The molecule has 3 heterocycles. The molecule has 0 atom stereocenters. The monoisotopic (exact) mass is 366 g/mol. The summed E-state index contributed by atoms with van der Waals surface area (Å²) in [7, 11) is 0. The molecule has 0 unspecified atom stereocenters. The molecule has 128 valence electrons. The highest BCUT2D eigenvalue weighted by molar-refractivity contribution is 7.15. The Balaban J connectivity index is 1.71. The van der Waals surface area contributed by atoms with Gasteiger partial charge in [0, 0.05) is 5.56 Å². The molecule has 0 amide bonds. The van der Waals surface area contributed by atoms with E-state index in [1.165, 1.54) is 27.9 Å². The zero-order valence-electron chi connectivity index (χ0n) is 13.1. The lowest BCUT2D eigenvalue weighted by Gasteiger charge is -1.94. The molecule has 0 aliphatic rings. The summed E-state index contributed by atoms with van der Waals surface area (Å²) in [6.45, 7) is 0. The molecule has 4 rings (SSSR count). The van der Waals surface area contributed by atoms with Gasteiger partial charge in [0.05, 0.1) is 10.6 Å². The number of aromatic nitrogens is 3. The molecule has 1 aromatic carbocycles. The molecule has 4 aromatic rings. The van der Waals surface area contributed by atoms with Crippen LogP contribution in [0.4, 0.5) is 5.88 Å². The van der Waals surface area contributed by atoms with Crippen molar-refractivity contribution in [2.24, 2.45) is 0 Å². The second-order valence-electron chi connectivity index (χ2n) is 5.24. The third-order valence-electron chi connectivity index (χ3n) is 3.58. The zero-order chi connectivity index (χ0) is 18.1. The maximum Gasteiger partial charge on any atom is 0.433 e. The van der Waals surface area contributed by atoms with E-state index in [9.17, 15) is 14.9 Å². The van der Waals surface area contributed by atoms with Crippen molar-refractivity contribution in [3.63, 3.8) is 0 Å². The molecular formula is C17H10N4O4S. The van der Waals surface area contributed by atoms with Crippen LogP contribution in [0.25, 0.3) is 28.5 Å². The summed E-state index contributed by atoms with van der Waals surface area (Å²) in [5.74, 6) is 0.489. The van der Waals surface area contributed by atoms with Gasteiger partial charge in [-0.05, 0) is 18.2 Å². The summed E-state index contributed by atoms with van der Waals surface area (Å²) >= 11 is 1.22. The first-order valence-corrected chi connectivity index (χ1v) is 8.31. The zero-order valence-corrected chi connectivity index (χ0v) is 13.9. The van der Waals surface area contributed by atoms with Crippen LogP contribution < -0.4 is 10.1 Å². The smallest absolute Gasteiger partial charge is 0.401 e. The van der Waals surface area contributed by atoms with Crippen LogP contribution in [0, 0.1) is 10.1 Å². The van der Waals surface area contributed by atoms with Crippen LogP contribution in [0.1, 0.15) is 5.76 Å². The summed E-state index contributed by atoms with van der Waals surface area (Å²) in [6.07, 6.45) is 4.76. The second kappa shape index (κ2) is 6.37. The Morgan fingerprint density at radius 3 is 2.69 bits per heavy atom. The molecule has 0 bridgehead atoms. The predicted molar refractivity (Wildman–Crippen MR) is 96.6 cm³/mol. The van der Waals surface area contributed by atoms with Crippen LogP contribution in [0.2, 0.25) is 0 Å². The van der Waals surface area contributed by atoms with Gasteiger partial charge in [-0.2, -0.15) is 0 Å². The summed E-state index contributed by atoms with van der Waals surface area (Å²) in [5.41, 5.74) is 0.587. The normalized spacial score (nSPS) is 12.4. The predicted octanol–water partition coefficient (Wildman–Crippen LogP) is 2.53. The summed E-state index contributed by atoms with van der Waals surface area (Å²) in [4.78, 5) is 23.1. The molecule has 3 aromatic heterocycles. The highest BCUT2D eigenvalue weighted by Crippen LogP contribution is 2.18. The van der Waals surface area contributed by atoms with Gasteiger partial charge in [-0.15, -0.1) is 10.2 Å². The maximum absolute atomic E-state index is 12.6. The van der Waals surface area contributed by atoms with E-state index in [2.05, 4.69) is 10.2 Å². The van der Waals surface area contributed by atoms with Crippen LogP contribution in [0.3, 0.4) is 0 Å². The van der Waals surface area contributed by atoms with Gasteiger partial charge in [-0.25, -0.2) is 4.40 Å². The van der Waals surface area contributed by atoms with E-state index >= 15 is 0 Å². The number of hydrogen-bond donors (Lipinski definition) is 0. The SMILES string of the molecule is O=c1/c(=C\C=C\c2ccc([N+](=O)[O-])o2)sc2nnc(-c3ccccc3)n12. The Morgan fingerprint density at radius 1 is 1.15 bits per heavy atom. The van der Waals surface area contributed by atoms with Gasteiger partial charge in [-0.1, -0.05) is 47.7 Å². The minimum atomic E-state index is -0.608. The van der Waals surface area contributed by atoms with E-state index in [1.807, 2.05) is 30.3 Å². The lowest BCUT2D eigenvalue weighted by atomic mass is 10.2. The minimum Gasteiger partial charge on any atom is -0.401 e. The van der Waals surface area contributed by atoms with Crippen molar-refractivity contribution in [1.82, 2.24) is 14.6 Å². The Kier molecular flexibility index (Phi) is 3.90. The summed E-state index contributed by atoms with van der Waals surface area (Å²) < 4.78 is 6.97. The molecule has 9 heteroatoms. The first kappa shape index (κ1) is 15.9. The van der Waals surface area contributed by atoms with Crippen molar-refractivity contribution >= 4 is 34.3 Å². The van der Waals surface area contributed by atoms with Crippen LogP contribution in [0.5, 0.6) is 0 Å². The van der Waals surface area contributed by atoms with E-state index in [4.69, 9.17) is 4.42 Å². The molecule has 0 fully saturated rings. The van der Waals surface area contributed by atoms with E-state index < -0.39 is 4.92 Å². The molecule has 0 N–H and O–H groups in total. The average Bonchev–Trinajstić information content (AvgIpc) is 3.34. The number of benzene rings is 1. The van der Waals surface area contributed by atoms with Gasteiger partial charge < -0.3 is 4.42 Å². The van der Waals surface area contributed by atoms with Crippen molar-refractivity contribution in [1.29, 1.82) is 0 Å².